The third-order valence-electron chi connectivity index (χ3n) is 7.72. The molecule has 4 aromatic rings. The number of allylic oxidation sites excluding steroid dienone is 1. The molecule has 1 fully saturated rings. The number of primary amides is 1. The zero-order chi connectivity index (χ0) is 29.5. The van der Waals surface area contributed by atoms with E-state index in [9.17, 15) is 4.79 Å². The van der Waals surface area contributed by atoms with Gasteiger partial charge in [0.2, 0.25) is 11.9 Å². The monoisotopic (exact) mass is 558 g/mol. The molecule has 9 nitrogen and oxygen atoms in total. The summed E-state index contributed by atoms with van der Waals surface area (Å²) in [6.07, 6.45) is 12.9. The van der Waals surface area contributed by atoms with Crippen LogP contribution in [0.3, 0.4) is 0 Å². The highest BCUT2D eigenvalue weighted by Crippen LogP contribution is 2.28. The maximum Gasteiger partial charge on any atom is 0.248 e. The Bertz CT molecular complexity index is 1600. The number of carbonyl (C=O) groups excluding carboxylic acids is 1. The van der Waals surface area contributed by atoms with Gasteiger partial charge in [-0.05, 0) is 72.7 Å². The van der Waals surface area contributed by atoms with Crippen molar-refractivity contribution in [1.29, 1.82) is 5.26 Å². The number of aromatic nitrogens is 4. The highest BCUT2D eigenvalue weighted by atomic mass is 16.1. The Morgan fingerprint density at radius 3 is 2.43 bits per heavy atom. The number of nitrogens with zero attached hydrogens (tertiary/aromatic N) is 6. The number of anilines is 1. The van der Waals surface area contributed by atoms with Gasteiger partial charge < -0.3 is 11.1 Å². The van der Waals surface area contributed by atoms with Crippen LogP contribution in [0.25, 0.3) is 17.2 Å². The fraction of sp³-hybridized carbons (Fsp3) is 0.273. The zero-order valence-corrected chi connectivity index (χ0v) is 23.9. The molecule has 3 N–H and O–H groups in total. The standard InChI is InChI=1S/C33H34N8O/c1-22-14-25(4-3-11-34)15-23(2)29(22)16-31-30(27-17-36-21-37-18-27)19-38-33(40-31)39-28-9-12-41(13-10-28)20-24-5-7-26(8-6-24)32(35)42/h3-8,14-15,17-19,21,28H,9-10,12-13,16,20H2,1-2H3,(H2,35,42)(H,38,39,40)/b4-3+. The molecule has 1 saturated heterocycles. The van der Waals surface area contributed by atoms with Crippen molar-refractivity contribution in [3.05, 3.63) is 106 Å². The van der Waals surface area contributed by atoms with Gasteiger partial charge >= 0.3 is 0 Å². The molecule has 0 spiro atoms. The molecule has 3 heterocycles. The molecule has 0 saturated carbocycles. The number of hydrogen-bond donors (Lipinski definition) is 2. The first kappa shape index (κ1) is 28.6. The molecule has 1 amide bonds. The molecule has 9 heteroatoms. The Hall–Kier alpha value is -4.94. The quantitative estimate of drug-likeness (QED) is 0.278. The number of nitrogens with two attached hydrogens (primary N) is 1. The van der Waals surface area contributed by atoms with Gasteiger partial charge in [0.1, 0.15) is 6.33 Å². The molecule has 0 atom stereocenters. The molecule has 0 unspecified atom stereocenters. The van der Waals surface area contributed by atoms with Crippen LogP contribution in [-0.4, -0.2) is 49.9 Å². The number of likely N-dealkylation sites (tertiary alicyclic amines) is 1. The minimum Gasteiger partial charge on any atom is -0.366 e. The Morgan fingerprint density at radius 1 is 1.10 bits per heavy atom. The summed E-state index contributed by atoms with van der Waals surface area (Å²) < 4.78 is 0. The average Bonchev–Trinajstić information content (AvgIpc) is 3.00. The third-order valence-corrected chi connectivity index (χ3v) is 7.72. The Morgan fingerprint density at radius 2 is 1.79 bits per heavy atom. The molecule has 212 valence electrons. The van der Waals surface area contributed by atoms with Crippen molar-refractivity contribution in [3.8, 4) is 17.2 Å². The minimum atomic E-state index is -0.406. The lowest BCUT2D eigenvalue weighted by atomic mass is 9.93. The molecule has 42 heavy (non-hydrogen) atoms. The van der Waals surface area contributed by atoms with Crippen LogP contribution in [0.2, 0.25) is 0 Å². The van der Waals surface area contributed by atoms with Crippen LogP contribution in [0.1, 0.15) is 56.7 Å². The van der Waals surface area contributed by atoms with Gasteiger partial charge in [-0.15, -0.1) is 0 Å². The van der Waals surface area contributed by atoms with Crippen molar-refractivity contribution < 1.29 is 4.79 Å². The van der Waals surface area contributed by atoms with Crippen LogP contribution in [0.15, 0.2) is 67.4 Å². The summed E-state index contributed by atoms with van der Waals surface area (Å²) in [5.41, 5.74) is 14.2. The summed E-state index contributed by atoms with van der Waals surface area (Å²) in [6.45, 7) is 6.93. The second kappa shape index (κ2) is 13.1. The van der Waals surface area contributed by atoms with Crippen LogP contribution in [-0.2, 0) is 13.0 Å². The number of amides is 1. The molecule has 1 aliphatic heterocycles. The van der Waals surface area contributed by atoms with Crippen molar-refractivity contribution >= 4 is 17.9 Å². The summed E-state index contributed by atoms with van der Waals surface area (Å²) in [5, 5.41) is 12.5. The van der Waals surface area contributed by atoms with Crippen LogP contribution < -0.4 is 11.1 Å². The van der Waals surface area contributed by atoms with Gasteiger partial charge in [0.25, 0.3) is 0 Å². The van der Waals surface area contributed by atoms with Crippen LogP contribution >= 0.6 is 0 Å². The predicted molar refractivity (Wildman–Crippen MR) is 163 cm³/mol. The predicted octanol–water partition coefficient (Wildman–Crippen LogP) is 4.85. The van der Waals surface area contributed by atoms with Crippen LogP contribution in [0.4, 0.5) is 5.95 Å². The maximum absolute atomic E-state index is 11.3. The topological polar surface area (TPSA) is 134 Å². The van der Waals surface area contributed by atoms with Gasteiger partial charge in [-0.2, -0.15) is 5.26 Å². The SMILES string of the molecule is Cc1cc(/C=C/C#N)cc(C)c1Cc1nc(NC2CCN(Cc3ccc(C(N)=O)cc3)CC2)ncc1-c1cncnc1. The molecule has 2 aromatic heterocycles. The van der Waals surface area contributed by atoms with Gasteiger partial charge in [-0.25, -0.2) is 19.9 Å². The Labute approximate surface area is 246 Å². The molecule has 5 rings (SSSR count). The summed E-state index contributed by atoms with van der Waals surface area (Å²) >= 11 is 0. The lowest BCUT2D eigenvalue weighted by Crippen LogP contribution is -2.39. The fourth-order valence-electron chi connectivity index (χ4n) is 5.45. The molecule has 0 aliphatic carbocycles. The van der Waals surface area contributed by atoms with Crippen molar-refractivity contribution in [2.45, 2.75) is 45.7 Å². The van der Waals surface area contributed by atoms with E-state index >= 15 is 0 Å². The minimum absolute atomic E-state index is 0.270. The van der Waals surface area contributed by atoms with E-state index < -0.39 is 5.91 Å². The van der Waals surface area contributed by atoms with Crippen molar-refractivity contribution in [2.75, 3.05) is 18.4 Å². The normalized spacial score (nSPS) is 14.1. The second-order valence-corrected chi connectivity index (χ2v) is 10.7. The number of piperidine rings is 1. The fourth-order valence-corrected chi connectivity index (χ4v) is 5.45. The Balaban J connectivity index is 1.30. The Kier molecular flexibility index (Phi) is 8.95. The molecule has 2 aromatic carbocycles. The maximum atomic E-state index is 11.3. The number of nitriles is 1. The van der Waals surface area contributed by atoms with Gasteiger partial charge in [-0.3, -0.25) is 9.69 Å². The van der Waals surface area contributed by atoms with E-state index in [1.54, 1.807) is 24.5 Å². The third kappa shape index (κ3) is 7.03. The van der Waals surface area contributed by atoms with Gasteiger partial charge in [0.15, 0.2) is 0 Å². The second-order valence-electron chi connectivity index (χ2n) is 10.7. The number of aryl methyl sites for hydroxylation is 2. The van der Waals surface area contributed by atoms with Crippen molar-refractivity contribution in [1.82, 2.24) is 24.8 Å². The first-order valence-electron chi connectivity index (χ1n) is 14.0. The highest BCUT2D eigenvalue weighted by molar-refractivity contribution is 5.92. The number of benzene rings is 2. The molecular weight excluding hydrogens is 524 g/mol. The van der Waals surface area contributed by atoms with Crippen molar-refractivity contribution in [3.63, 3.8) is 0 Å². The summed E-state index contributed by atoms with van der Waals surface area (Å²) in [7, 11) is 0. The number of rotatable bonds is 9. The summed E-state index contributed by atoms with van der Waals surface area (Å²) in [6, 6.07) is 14.0. The molecular formula is C33H34N8O. The first-order chi connectivity index (χ1) is 20.4. The lowest BCUT2D eigenvalue weighted by molar-refractivity contribution is 0.1000. The van der Waals surface area contributed by atoms with E-state index in [0.717, 1.165) is 66.0 Å². The number of carbonyl (C=O) groups is 1. The summed E-state index contributed by atoms with van der Waals surface area (Å²) in [5.74, 6) is 0.214. The van der Waals surface area contributed by atoms with Gasteiger partial charge in [0.05, 0.1) is 11.8 Å². The van der Waals surface area contributed by atoms with Gasteiger partial charge in [0, 0.05) is 73.5 Å². The van der Waals surface area contributed by atoms with E-state index in [2.05, 4.69) is 57.2 Å². The van der Waals surface area contributed by atoms with Crippen molar-refractivity contribution in [2.24, 2.45) is 5.73 Å². The molecule has 1 aliphatic rings. The van der Waals surface area contributed by atoms with Crippen LogP contribution in [0, 0.1) is 25.2 Å². The number of nitrogens with one attached hydrogen (secondary N) is 1. The zero-order valence-electron chi connectivity index (χ0n) is 23.9. The smallest absolute Gasteiger partial charge is 0.248 e. The lowest BCUT2D eigenvalue weighted by Gasteiger charge is -2.32. The largest absolute Gasteiger partial charge is 0.366 e. The first-order valence-corrected chi connectivity index (χ1v) is 14.0. The van der Waals surface area contributed by atoms with E-state index in [1.165, 1.54) is 23.5 Å². The highest BCUT2D eigenvalue weighted by Gasteiger charge is 2.21. The van der Waals surface area contributed by atoms with Crippen LogP contribution in [0.5, 0.6) is 0 Å². The van der Waals surface area contributed by atoms with E-state index in [-0.39, 0.29) is 6.04 Å². The van der Waals surface area contributed by atoms with E-state index in [0.29, 0.717) is 17.9 Å². The molecule has 0 bridgehead atoms. The van der Waals surface area contributed by atoms with Gasteiger partial charge in [-0.1, -0.05) is 24.3 Å². The summed E-state index contributed by atoms with van der Waals surface area (Å²) in [4.78, 5) is 31.9. The average molecular weight is 559 g/mol. The van der Waals surface area contributed by atoms with E-state index in [4.69, 9.17) is 16.0 Å². The number of hydrogen-bond acceptors (Lipinski definition) is 8. The van der Waals surface area contributed by atoms with E-state index in [1.807, 2.05) is 24.4 Å². The molecule has 0 radical (unpaired) electrons.